The molecule has 0 saturated heterocycles. The Morgan fingerprint density at radius 1 is 1.22 bits per heavy atom. The summed E-state index contributed by atoms with van der Waals surface area (Å²) < 4.78 is 6.44. The zero-order valence-electron chi connectivity index (χ0n) is 9.89. The van der Waals surface area contributed by atoms with Gasteiger partial charge in [-0.2, -0.15) is 4.98 Å². The monoisotopic (exact) mass is 327 g/mol. The van der Waals surface area contributed by atoms with Gasteiger partial charge in [0.25, 0.3) is 0 Å². The zero-order chi connectivity index (χ0) is 13.1. The van der Waals surface area contributed by atoms with Gasteiger partial charge in [0.05, 0.1) is 6.20 Å². The summed E-state index contributed by atoms with van der Waals surface area (Å²) in [7, 11) is 0. The fraction of sp³-hybridized carbons (Fsp3) is 0.250. The molecule has 6 heteroatoms. The van der Waals surface area contributed by atoms with Gasteiger partial charge in [-0.1, -0.05) is 25.4 Å². The van der Waals surface area contributed by atoms with E-state index in [9.17, 15) is 0 Å². The Kier molecular flexibility index (Phi) is 4.14. The Balaban J connectivity index is 2.29. The van der Waals surface area contributed by atoms with E-state index in [1.165, 1.54) is 0 Å². The molecular weight excluding hydrogens is 318 g/mol. The standard InChI is InChI=1S/C12H11BrClN3O/c1-7(2)12-16-10(14)4-11(17-12)18-9-3-8(13)5-15-6-9/h3-7H,1-2H3. The highest BCUT2D eigenvalue weighted by molar-refractivity contribution is 9.10. The average molecular weight is 329 g/mol. The number of aromatic nitrogens is 3. The van der Waals surface area contributed by atoms with Gasteiger partial charge in [-0.3, -0.25) is 4.98 Å². The first-order valence-corrected chi connectivity index (χ1v) is 6.54. The molecule has 0 aromatic carbocycles. The highest BCUT2D eigenvalue weighted by Crippen LogP contribution is 2.24. The first-order valence-electron chi connectivity index (χ1n) is 5.37. The Morgan fingerprint density at radius 2 is 2.00 bits per heavy atom. The second-order valence-electron chi connectivity index (χ2n) is 3.98. The third-order valence-electron chi connectivity index (χ3n) is 2.11. The number of halogens is 2. The molecule has 0 atom stereocenters. The van der Waals surface area contributed by atoms with Crippen molar-refractivity contribution in [2.45, 2.75) is 19.8 Å². The van der Waals surface area contributed by atoms with E-state index in [4.69, 9.17) is 16.3 Å². The van der Waals surface area contributed by atoms with Gasteiger partial charge in [0.1, 0.15) is 16.7 Å². The van der Waals surface area contributed by atoms with Crippen LogP contribution in [0, 0.1) is 0 Å². The van der Waals surface area contributed by atoms with Crippen molar-refractivity contribution < 1.29 is 4.74 Å². The molecule has 0 spiro atoms. The third kappa shape index (κ3) is 3.40. The molecule has 0 unspecified atom stereocenters. The molecular formula is C12H11BrClN3O. The van der Waals surface area contributed by atoms with Crippen LogP contribution in [0.2, 0.25) is 5.15 Å². The lowest BCUT2D eigenvalue weighted by atomic mass is 10.2. The molecule has 0 fully saturated rings. The minimum Gasteiger partial charge on any atom is -0.437 e. The van der Waals surface area contributed by atoms with E-state index in [1.807, 2.05) is 13.8 Å². The molecule has 0 aliphatic rings. The van der Waals surface area contributed by atoms with Crippen molar-refractivity contribution in [3.05, 3.63) is 40.0 Å². The normalized spacial score (nSPS) is 10.7. The van der Waals surface area contributed by atoms with Crippen LogP contribution in [-0.4, -0.2) is 15.0 Å². The number of hydrogen-bond acceptors (Lipinski definition) is 4. The van der Waals surface area contributed by atoms with E-state index in [1.54, 1.807) is 24.5 Å². The summed E-state index contributed by atoms with van der Waals surface area (Å²) in [5, 5.41) is 0.367. The first-order chi connectivity index (χ1) is 8.54. The number of nitrogens with zero attached hydrogens (tertiary/aromatic N) is 3. The topological polar surface area (TPSA) is 47.9 Å². The summed E-state index contributed by atoms with van der Waals surface area (Å²) in [5.74, 6) is 1.85. The van der Waals surface area contributed by atoms with Gasteiger partial charge in [0.2, 0.25) is 5.88 Å². The molecule has 0 aliphatic heterocycles. The maximum atomic E-state index is 5.94. The molecule has 94 valence electrons. The van der Waals surface area contributed by atoms with Crippen LogP contribution < -0.4 is 4.74 Å². The molecule has 0 bridgehead atoms. The SMILES string of the molecule is CC(C)c1nc(Cl)cc(Oc2cncc(Br)c2)n1. The highest BCUT2D eigenvalue weighted by Gasteiger charge is 2.08. The molecule has 2 rings (SSSR count). The van der Waals surface area contributed by atoms with Gasteiger partial charge in [-0.25, -0.2) is 4.98 Å². The summed E-state index contributed by atoms with van der Waals surface area (Å²) in [5.41, 5.74) is 0. The molecule has 0 amide bonds. The van der Waals surface area contributed by atoms with Crippen LogP contribution in [0.25, 0.3) is 0 Å². The second-order valence-corrected chi connectivity index (χ2v) is 5.29. The van der Waals surface area contributed by atoms with Crippen LogP contribution in [0.1, 0.15) is 25.6 Å². The molecule has 0 aliphatic carbocycles. The Hall–Kier alpha value is -1.20. The molecule has 0 saturated carbocycles. The van der Waals surface area contributed by atoms with Gasteiger partial charge >= 0.3 is 0 Å². The second kappa shape index (κ2) is 5.63. The number of ether oxygens (including phenoxy) is 1. The van der Waals surface area contributed by atoms with Crippen LogP contribution in [-0.2, 0) is 0 Å². The summed E-state index contributed by atoms with van der Waals surface area (Å²) in [4.78, 5) is 12.5. The zero-order valence-corrected chi connectivity index (χ0v) is 12.2. The highest BCUT2D eigenvalue weighted by atomic mass is 79.9. The van der Waals surface area contributed by atoms with E-state index in [0.717, 1.165) is 4.47 Å². The van der Waals surface area contributed by atoms with Gasteiger partial charge < -0.3 is 4.74 Å². The molecule has 4 nitrogen and oxygen atoms in total. The van der Waals surface area contributed by atoms with E-state index in [0.29, 0.717) is 22.6 Å². The number of rotatable bonds is 3. The largest absolute Gasteiger partial charge is 0.437 e. The average Bonchev–Trinajstić information content (AvgIpc) is 2.28. The lowest BCUT2D eigenvalue weighted by Gasteiger charge is -2.08. The molecule has 2 aromatic heterocycles. The van der Waals surface area contributed by atoms with Crippen molar-refractivity contribution in [2.75, 3.05) is 0 Å². The third-order valence-corrected chi connectivity index (χ3v) is 2.73. The van der Waals surface area contributed by atoms with E-state index in [2.05, 4.69) is 30.9 Å². The maximum Gasteiger partial charge on any atom is 0.224 e. The minimum absolute atomic E-state index is 0.187. The summed E-state index contributed by atoms with van der Waals surface area (Å²) in [6.07, 6.45) is 3.29. The molecule has 0 radical (unpaired) electrons. The summed E-state index contributed by atoms with van der Waals surface area (Å²) >= 11 is 9.26. The van der Waals surface area contributed by atoms with Crippen LogP contribution >= 0.6 is 27.5 Å². The van der Waals surface area contributed by atoms with Gasteiger partial charge in [0.15, 0.2) is 0 Å². The maximum absolute atomic E-state index is 5.94. The van der Waals surface area contributed by atoms with Crippen LogP contribution in [0.15, 0.2) is 29.0 Å². The predicted octanol–water partition coefficient (Wildman–Crippen LogP) is 4.20. The minimum atomic E-state index is 0.187. The van der Waals surface area contributed by atoms with Gasteiger partial charge in [-0.05, 0) is 22.0 Å². The summed E-state index contributed by atoms with van der Waals surface area (Å²) in [6.45, 7) is 3.99. The lowest BCUT2D eigenvalue weighted by molar-refractivity contribution is 0.454. The fourth-order valence-electron chi connectivity index (χ4n) is 1.29. The molecule has 18 heavy (non-hydrogen) atoms. The van der Waals surface area contributed by atoms with E-state index >= 15 is 0 Å². The van der Waals surface area contributed by atoms with Gasteiger partial charge in [0, 0.05) is 22.7 Å². The van der Waals surface area contributed by atoms with Crippen molar-refractivity contribution in [3.63, 3.8) is 0 Å². The van der Waals surface area contributed by atoms with E-state index < -0.39 is 0 Å². The smallest absolute Gasteiger partial charge is 0.224 e. The van der Waals surface area contributed by atoms with E-state index in [-0.39, 0.29) is 5.92 Å². The fourth-order valence-corrected chi connectivity index (χ4v) is 1.82. The Labute approximate surface area is 119 Å². The molecule has 2 heterocycles. The van der Waals surface area contributed by atoms with Crippen molar-refractivity contribution in [1.82, 2.24) is 15.0 Å². The quantitative estimate of drug-likeness (QED) is 0.792. The number of pyridine rings is 1. The van der Waals surface area contributed by atoms with Crippen molar-refractivity contribution in [1.29, 1.82) is 0 Å². The van der Waals surface area contributed by atoms with Crippen LogP contribution in [0.5, 0.6) is 11.6 Å². The number of hydrogen-bond donors (Lipinski definition) is 0. The predicted molar refractivity (Wildman–Crippen MR) is 73.1 cm³/mol. The van der Waals surface area contributed by atoms with Crippen LogP contribution in [0.4, 0.5) is 0 Å². The Bertz CT molecular complexity index is 563. The van der Waals surface area contributed by atoms with Crippen molar-refractivity contribution in [3.8, 4) is 11.6 Å². The molecule has 0 N–H and O–H groups in total. The molecule has 2 aromatic rings. The van der Waals surface area contributed by atoms with Gasteiger partial charge in [-0.15, -0.1) is 0 Å². The summed E-state index contributed by atoms with van der Waals surface area (Å²) in [6, 6.07) is 3.38. The Morgan fingerprint density at radius 3 is 2.67 bits per heavy atom. The van der Waals surface area contributed by atoms with Crippen molar-refractivity contribution in [2.24, 2.45) is 0 Å². The first kappa shape index (κ1) is 13.2. The van der Waals surface area contributed by atoms with Crippen LogP contribution in [0.3, 0.4) is 0 Å². The van der Waals surface area contributed by atoms with Crippen molar-refractivity contribution >= 4 is 27.5 Å². The lowest BCUT2D eigenvalue weighted by Crippen LogP contribution is -1.99.